The highest BCUT2D eigenvalue weighted by Crippen LogP contribution is 2.35. The zero-order valence-corrected chi connectivity index (χ0v) is 22.5. The van der Waals surface area contributed by atoms with Crippen molar-refractivity contribution in [3.63, 3.8) is 0 Å². The molecular formula is C34H35N3O2. The fourth-order valence-electron chi connectivity index (χ4n) is 5.06. The average Bonchev–Trinajstić information content (AvgIpc) is 3.23. The molecule has 0 aliphatic carbocycles. The van der Waals surface area contributed by atoms with Crippen LogP contribution < -0.4 is 10.6 Å². The molecular weight excluding hydrogens is 482 g/mol. The minimum absolute atomic E-state index is 0.0603. The predicted octanol–water partition coefficient (Wildman–Crippen LogP) is 7.01. The van der Waals surface area contributed by atoms with Gasteiger partial charge in [-0.25, -0.2) is 0 Å². The number of nitrogens with zero attached hydrogens (tertiary/aromatic N) is 1. The highest BCUT2D eigenvalue weighted by atomic mass is 16.2. The Labute approximate surface area is 230 Å². The molecule has 2 amide bonds. The van der Waals surface area contributed by atoms with E-state index >= 15 is 0 Å². The number of fused-ring (bicyclic) bond motifs is 1. The molecule has 1 heterocycles. The summed E-state index contributed by atoms with van der Waals surface area (Å²) in [6.45, 7) is 5.02. The summed E-state index contributed by atoms with van der Waals surface area (Å²) >= 11 is 0. The van der Waals surface area contributed by atoms with Gasteiger partial charge >= 0.3 is 0 Å². The zero-order chi connectivity index (χ0) is 27.2. The lowest BCUT2D eigenvalue weighted by Crippen LogP contribution is -2.33. The summed E-state index contributed by atoms with van der Waals surface area (Å²) in [5, 5.41) is 6.77. The first-order valence-electron chi connectivity index (χ1n) is 13.7. The minimum atomic E-state index is -0.236. The van der Waals surface area contributed by atoms with E-state index in [1.54, 1.807) is 0 Å². The van der Waals surface area contributed by atoms with Gasteiger partial charge in [0.05, 0.1) is 6.04 Å². The number of benzene rings is 4. The summed E-state index contributed by atoms with van der Waals surface area (Å²) in [5.41, 5.74) is 5.42. The highest BCUT2D eigenvalue weighted by Gasteiger charge is 2.36. The SMILES string of the molecule is CC(C)CCN1C(=O)c2ccccc2C1Nc1ccc(C(=O)NC(Cc2ccccc2)c2ccccc2)cc1. The first kappa shape index (κ1) is 26.2. The molecule has 0 fully saturated rings. The number of hydrogen-bond donors (Lipinski definition) is 2. The monoisotopic (exact) mass is 517 g/mol. The van der Waals surface area contributed by atoms with Crippen molar-refractivity contribution in [2.45, 2.75) is 38.9 Å². The van der Waals surface area contributed by atoms with Crippen molar-refractivity contribution in [3.8, 4) is 0 Å². The second-order valence-electron chi connectivity index (χ2n) is 10.5. The minimum Gasteiger partial charge on any atom is -0.361 e. The molecule has 2 N–H and O–H groups in total. The summed E-state index contributed by atoms with van der Waals surface area (Å²) in [7, 11) is 0. The summed E-state index contributed by atoms with van der Waals surface area (Å²) in [4.78, 5) is 28.4. The van der Waals surface area contributed by atoms with Crippen LogP contribution in [-0.2, 0) is 6.42 Å². The standard InChI is InChI=1S/C34H35N3O2/c1-24(2)21-22-37-32(29-15-9-10-16-30(29)34(37)39)35-28-19-17-27(18-20-28)33(38)36-31(26-13-7-4-8-14-26)23-25-11-5-3-6-12-25/h3-20,24,31-32,35H,21-23H2,1-2H3,(H,36,38). The van der Waals surface area contributed by atoms with Crippen LogP contribution in [0.2, 0.25) is 0 Å². The molecule has 5 nitrogen and oxygen atoms in total. The third-order valence-corrected chi connectivity index (χ3v) is 7.25. The molecule has 5 rings (SSSR count). The molecule has 4 aromatic carbocycles. The molecule has 0 spiro atoms. The van der Waals surface area contributed by atoms with Crippen LogP contribution in [0.25, 0.3) is 0 Å². The molecule has 39 heavy (non-hydrogen) atoms. The van der Waals surface area contributed by atoms with Gasteiger partial charge in [0.1, 0.15) is 6.17 Å². The van der Waals surface area contributed by atoms with Crippen LogP contribution in [0.4, 0.5) is 5.69 Å². The number of anilines is 1. The number of carbonyl (C=O) groups is 2. The van der Waals surface area contributed by atoms with E-state index in [0.29, 0.717) is 24.4 Å². The number of hydrogen-bond acceptors (Lipinski definition) is 3. The van der Waals surface area contributed by atoms with Crippen LogP contribution in [0.5, 0.6) is 0 Å². The molecule has 0 saturated carbocycles. The van der Waals surface area contributed by atoms with Gasteiger partial charge in [0.15, 0.2) is 0 Å². The van der Waals surface area contributed by atoms with Gasteiger partial charge in [0.2, 0.25) is 0 Å². The molecule has 4 aromatic rings. The Morgan fingerprint density at radius 3 is 2.15 bits per heavy atom. The van der Waals surface area contributed by atoms with Crippen molar-refractivity contribution in [2.75, 3.05) is 11.9 Å². The van der Waals surface area contributed by atoms with Crippen molar-refractivity contribution in [1.29, 1.82) is 0 Å². The maximum Gasteiger partial charge on any atom is 0.256 e. The maximum atomic E-state index is 13.3. The fourth-order valence-corrected chi connectivity index (χ4v) is 5.06. The van der Waals surface area contributed by atoms with Gasteiger partial charge in [-0.15, -0.1) is 0 Å². The van der Waals surface area contributed by atoms with Crippen molar-refractivity contribution in [1.82, 2.24) is 10.2 Å². The van der Waals surface area contributed by atoms with E-state index in [4.69, 9.17) is 0 Å². The van der Waals surface area contributed by atoms with Gasteiger partial charge < -0.3 is 15.5 Å². The molecule has 0 bridgehead atoms. The molecule has 2 unspecified atom stereocenters. The van der Waals surface area contributed by atoms with Crippen molar-refractivity contribution in [2.24, 2.45) is 5.92 Å². The van der Waals surface area contributed by atoms with E-state index in [2.05, 4.69) is 36.6 Å². The Morgan fingerprint density at radius 1 is 0.821 bits per heavy atom. The second kappa shape index (κ2) is 12.0. The molecule has 0 radical (unpaired) electrons. The maximum absolute atomic E-state index is 13.3. The number of rotatable bonds is 10. The molecule has 2 atom stereocenters. The number of carbonyl (C=O) groups excluding carboxylic acids is 2. The van der Waals surface area contributed by atoms with Crippen LogP contribution >= 0.6 is 0 Å². The van der Waals surface area contributed by atoms with E-state index in [1.807, 2.05) is 102 Å². The molecule has 0 saturated heterocycles. The van der Waals surface area contributed by atoms with Gasteiger partial charge in [-0.05, 0) is 60.2 Å². The Hall–Kier alpha value is -4.38. The van der Waals surface area contributed by atoms with E-state index in [0.717, 1.165) is 28.8 Å². The van der Waals surface area contributed by atoms with Crippen molar-refractivity contribution in [3.05, 3.63) is 137 Å². The quantitative estimate of drug-likeness (QED) is 0.238. The van der Waals surface area contributed by atoms with Gasteiger partial charge in [-0.3, -0.25) is 9.59 Å². The predicted molar refractivity (Wildman–Crippen MR) is 157 cm³/mol. The molecule has 198 valence electrons. The summed E-state index contributed by atoms with van der Waals surface area (Å²) < 4.78 is 0. The van der Waals surface area contributed by atoms with E-state index in [1.165, 1.54) is 5.56 Å². The fraction of sp³-hybridized carbons (Fsp3) is 0.235. The Balaban J connectivity index is 1.31. The van der Waals surface area contributed by atoms with E-state index in [-0.39, 0.29) is 24.0 Å². The lowest BCUT2D eigenvalue weighted by atomic mass is 9.98. The van der Waals surface area contributed by atoms with Gasteiger partial charge in [-0.2, -0.15) is 0 Å². The van der Waals surface area contributed by atoms with Crippen LogP contribution in [0.3, 0.4) is 0 Å². The third-order valence-electron chi connectivity index (χ3n) is 7.25. The summed E-state index contributed by atoms with van der Waals surface area (Å²) in [5.74, 6) is 0.443. The third kappa shape index (κ3) is 6.20. The van der Waals surface area contributed by atoms with E-state index in [9.17, 15) is 9.59 Å². The smallest absolute Gasteiger partial charge is 0.256 e. The van der Waals surface area contributed by atoms with Gasteiger partial charge in [0, 0.05) is 28.9 Å². The summed E-state index contributed by atoms with van der Waals surface area (Å²) in [6, 6.07) is 35.4. The van der Waals surface area contributed by atoms with Gasteiger partial charge in [-0.1, -0.05) is 92.7 Å². The topological polar surface area (TPSA) is 61.4 Å². The first-order chi connectivity index (χ1) is 19.0. The van der Waals surface area contributed by atoms with Gasteiger partial charge in [0.25, 0.3) is 11.8 Å². The largest absolute Gasteiger partial charge is 0.361 e. The molecule has 1 aliphatic heterocycles. The number of nitrogens with one attached hydrogen (secondary N) is 2. The Kier molecular flexibility index (Phi) is 8.07. The molecule has 0 aromatic heterocycles. The first-order valence-corrected chi connectivity index (χ1v) is 13.7. The average molecular weight is 518 g/mol. The van der Waals surface area contributed by atoms with Crippen LogP contribution in [0.15, 0.2) is 109 Å². The van der Waals surface area contributed by atoms with Crippen LogP contribution in [-0.4, -0.2) is 23.3 Å². The molecule has 1 aliphatic rings. The van der Waals surface area contributed by atoms with Crippen LogP contribution in [0, 0.1) is 5.92 Å². The normalized spacial score (nSPS) is 15.2. The zero-order valence-electron chi connectivity index (χ0n) is 22.5. The Morgan fingerprint density at radius 2 is 1.46 bits per heavy atom. The Bertz CT molecular complexity index is 1400. The lowest BCUT2D eigenvalue weighted by Gasteiger charge is -2.28. The lowest BCUT2D eigenvalue weighted by molar-refractivity contribution is 0.0734. The van der Waals surface area contributed by atoms with Crippen molar-refractivity contribution >= 4 is 17.5 Å². The summed E-state index contributed by atoms with van der Waals surface area (Å²) in [6.07, 6.45) is 1.40. The number of amides is 2. The second-order valence-corrected chi connectivity index (χ2v) is 10.5. The van der Waals surface area contributed by atoms with Crippen LogP contribution in [0.1, 0.15) is 69.9 Å². The van der Waals surface area contributed by atoms with E-state index < -0.39 is 0 Å². The van der Waals surface area contributed by atoms with Crippen molar-refractivity contribution < 1.29 is 9.59 Å². The highest BCUT2D eigenvalue weighted by molar-refractivity contribution is 5.99. The molecule has 5 heteroatoms.